The average Bonchev–Trinajstić information content (AvgIpc) is 2.75. The summed E-state index contributed by atoms with van der Waals surface area (Å²) in [5.41, 5.74) is 2.77. The number of hydrogen-bond acceptors (Lipinski definition) is 4. The maximum absolute atomic E-state index is 11.2. The molecule has 6 nitrogen and oxygen atoms in total. The molecule has 0 saturated carbocycles. The van der Waals surface area contributed by atoms with Crippen molar-refractivity contribution in [1.29, 1.82) is 0 Å². The smallest absolute Gasteiger partial charge is 0.354 e. The van der Waals surface area contributed by atoms with E-state index in [1.165, 1.54) is 10.7 Å². The molecular formula is C13H10N4O2. The predicted molar refractivity (Wildman–Crippen MR) is 67.9 cm³/mol. The van der Waals surface area contributed by atoms with Crippen LogP contribution in [0, 0.1) is 6.92 Å². The molecule has 0 amide bonds. The third-order valence-corrected chi connectivity index (χ3v) is 2.89. The Kier molecular flexibility index (Phi) is 2.49. The van der Waals surface area contributed by atoms with Crippen molar-refractivity contribution in [2.24, 2.45) is 0 Å². The van der Waals surface area contributed by atoms with Crippen LogP contribution < -0.4 is 0 Å². The van der Waals surface area contributed by atoms with E-state index in [2.05, 4.69) is 15.0 Å². The Hall–Kier alpha value is -2.76. The molecule has 3 heterocycles. The van der Waals surface area contributed by atoms with Gasteiger partial charge in [0, 0.05) is 29.7 Å². The zero-order valence-corrected chi connectivity index (χ0v) is 10.1. The minimum absolute atomic E-state index is 0.133. The van der Waals surface area contributed by atoms with Crippen molar-refractivity contribution in [2.45, 2.75) is 6.92 Å². The second-order valence-corrected chi connectivity index (χ2v) is 4.09. The van der Waals surface area contributed by atoms with Crippen molar-refractivity contribution in [3.8, 4) is 11.1 Å². The summed E-state index contributed by atoms with van der Waals surface area (Å²) in [5.74, 6) is -1.02. The van der Waals surface area contributed by atoms with Crippen molar-refractivity contribution in [3.63, 3.8) is 0 Å². The van der Waals surface area contributed by atoms with Gasteiger partial charge in [-0.1, -0.05) is 6.07 Å². The highest BCUT2D eigenvalue weighted by atomic mass is 16.4. The van der Waals surface area contributed by atoms with Gasteiger partial charge in [-0.05, 0) is 13.0 Å². The summed E-state index contributed by atoms with van der Waals surface area (Å²) in [4.78, 5) is 23.7. The fourth-order valence-electron chi connectivity index (χ4n) is 2.06. The first-order chi connectivity index (χ1) is 9.18. The highest BCUT2D eigenvalue weighted by Gasteiger charge is 2.18. The van der Waals surface area contributed by atoms with Crippen LogP contribution in [-0.4, -0.2) is 30.4 Å². The monoisotopic (exact) mass is 254 g/mol. The van der Waals surface area contributed by atoms with Crippen LogP contribution in [0.15, 0.2) is 37.1 Å². The molecule has 0 bridgehead atoms. The van der Waals surface area contributed by atoms with E-state index in [1.54, 1.807) is 25.5 Å². The molecular weight excluding hydrogens is 244 g/mol. The van der Waals surface area contributed by atoms with Gasteiger partial charge in [0.15, 0.2) is 5.69 Å². The Bertz CT molecular complexity index is 765. The van der Waals surface area contributed by atoms with E-state index in [1.807, 2.05) is 12.1 Å². The van der Waals surface area contributed by atoms with Crippen molar-refractivity contribution in [2.75, 3.05) is 0 Å². The first-order valence-electron chi connectivity index (χ1n) is 5.65. The van der Waals surface area contributed by atoms with Gasteiger partial charge in [-0.15, -0.1) is 0 Å². The van der Waals surface area contributed by atoms with Gasteiger partial charge in [0.1, 0.15) is 12.0 Å². The van der Waals surface area contributed by atoms with Crippen molar-refractivity contribution in [1.82, 2.24) is 19.4 Å². The van der Waals surface area contributed by atoms with E-state index in [9.17, 15) is 9.90 Å². The van der Waals surface area contributed by atoms with Crippen LogP contribution in [0.5, 0.6) is 0 Å². The maximum atomic E-state index is 11.2. The molecule has 0 spiro atoms. The standard InChI is InChI=1S/C13H10N4O2/c1-8-11(13(18)19)17-7-15-6-10(12(17)16-8)9-3-2-4-14-5-9/h2-7H,1H3,(H,18,19). The Morgan fingerprint density at radius 1 is 1.32 bits per heavy atom. The lowest BCUT2D eigenvalue weighted by Gasteiger charge is -2.03. The highest BCUT2D eigenvalue weighted by molar-refractivity contribution is 5.90. The SMILES string of the molecule is Cc1nc2c(-c3cccnc3)cncn2c1C(=O)O. The average molecular weight is 254 g/mol. The fraction of sp³-hybridized carbons (Fsp3) is 0.0769. The summed E-state index contributed by atoms with van der Waals surface area (Å²) in [5, 5.41) is 9.21. The summed E-state index contributed by atoms with van der Waals surface area (Å²) in [6.45, 7) is 1.67. The first-order valence-corrected chi connectivity index (χ1v) is 5.65. The topological polar surface area (TPSA) is 80.4 Å². The number of hydrogen-bond donors (Lipinski definition) is 1. The Labute approximate surface area is 108 Å². The van der Waals surface area contributed by atoms with Gasteiger partial charge in [-0.3, -0.25) is 9.38 Å². The molecule has 94 valence electrons. The van der Waals surface area contributed by atoms with Crippen molar-refractivity contribution in [3.05, 3.63) is 48.4 Å². The van der Waals surface area contributed by atoms with Gasteiger partial charge < -0.3 is 5.11 Å². The van der Waals surface area contributed by atoms with E-state index < -0.39 is 5.97 Å². The van der Waals surface area contributed by atoms with Crippen molar-refractivity contribution >= 4 is 11.6 Å². The molecule has 6 heteroatoms. The van der Waals surface area contributed by atoms with Crippen LogP contribution in [0.2, 0.25) is 0 Å². The molecule has 3 rings (SSSR count). The summed E-state index contributed by atoms with van der Waals surface area (Å²) >= 11 is 0. The Balaban J connectivity index is 2.34. The largest absolute Gasteiger partial charge is 0.477 e. The zero-order chi connectivity index (χ0) is 13.4. The molecule has 0 unspecified atom stereocenters. The van der Waals surface area contributed by atoms with Gasteiger partial charge in [0.2, 0.25) is 0 Å². The number of aromatic nitrogens is 4. The summed E-state index contributed by atoms with van der Waals surface area (Å²) in [6, 6.07) is 3.70. The van der Waals surface area contributed by atoms with E-state index in [4.69, 9.17) is 0 Å². The maximum Gasteiger partial charge on any atom is 0.354 e. The second-order valence-electron chi connectivity index (χ2n) is 4.09. The molecule has 3 aromatic rings. The number of pyridine rings is 1. The number of imidazole rings is 1. The van der Waals surface area contributed by atoms with E-state index in [0.29, 0.717) is 11.3 Å². The molecule has 19 heavy (non-hydrogen) atoms. The highest BCUT2D eigenvalue weighted by Crippen LogP contribution is 2.24. The van der Waals surface area contributed by atoms with E-state index in [-0.39, 0.29) is 5.69 Å². The second kappa shape index (κ2) is 4.16. The zero-order valence-electron chi connectivity index (χ0n) is 10.1. The van der Waals surface area contributed by atoms with Crippen LogP contribution >= 0.6 is 0 Å². The molecule has 0 aliphatic rings. The molecule has 0 radical (unpaired) electrons. The van der Waals surface area contributed by atoms with Gasteiger partial charge in [0.05, 0.1) is 5.69 Å². The minimum atomic E-state index is -1.02. The molecule has 3 aromatic heterocycles. The predicted octanol–water partition coefficient (Wildman–Crippen LogP) is 1.80. The summed E-state index contributed by atoms with van der Waals surface area (Å²) in [6.07, 6.45) is 6.49. The number of rotatable bonds is 2. The third kappa shape index (κ3) is 1.74. The van der Waals surface area contributed by atoms with Crippen LogP contribution in [0.3, 0.4) is 0 Å². The van der Waals surface area contributed by atoms with Crippen molar-refractivity contribution < 1.29 is 9.90 Å². The summed E-state index contributed by atoms with van der Waals surface area (Å²) in [7, 11) is 0. The first kappa shape index (κ1) is 11.3. The van der Waals surface area contributed by atoms with Gasteiger partial charge in [0.25, 0.3) is 0 Å². The molecule has 0 fully saturated rings. The number of aryl methyl sites for hydroxylation is 1. The quantitative estimate of drug-likeness (QED) is 0.754. The van der Waals surface area contributed by atoms with Gasteiger partial charge in [-0.2, -0.15) is 0 Å². The minimum Gasteiger partial charge on any atom is -0.477 e. The Morgan fingerprint density at radius 3 is 2.84 bits per heavy atom. The third-order valence-electron chi connectivity index (χ3n) is 2.89. The number of carboxylic acids is 1. The van der Waals surface area contributed by atoms with E-state index >= 15 is 0 Å². The lowest BCUT2D eigenvalue weighted by Crippen LogP contribution is -2.04. The molecule has 1 N–H and O–H groups in total. The van der Waals surface area contributed by atoms with Crippen LogP contribution in [0.25, 0.3) is 16.8 Å². The van der Waals surface area contributed by atoms with Gasteiger partial charge >= 0.3 is 5.97 Å². The lowest BCUT2D eigenvalue weighted by molar-refractivity contribution is 0.0688. The molecule has 0 aromatic carbocycles. The van der Waals surface area contributed by atoms with Gasteiger partial charge in [-0.25, -0.2) is 14.8 Å². The number of nitrogens with zero attached hydrogens (tertiary/aromatic N) is 4. The molecule has 0 aliphatic heterocycles. The number of carboxylic acid groups (broad SMARTS) is 1. The number of aromatic carboxylic acids is 1. The van der Waals surface area contributed by atoms with E-state index in [0.717, 1.165) is 11.1 Å². The number of carbonyl (C=O) groups is 1. The van der Waals surface area contributed by atoms with Crippen LogP contribution in [0.4, 0.5) is 0 Å². The fourth-order valence-corrected chi connectivity index (χ4v) is 2.06. The van der Waals surface area contributed by atoms with Crippen LogP contribution in [-0.2, 0) is 0 Å². The Morgan fingerprint density at radius 2 is 2.16 bits per heavy atom. The summed E-state index contributed by atoms with van der Waals surface area (Å²) < 4.78 is 1.49. The lowest BCUT2D eigenvalue weighted by atomic mass is 10.1. The number of fused-ring (bicyclic) bond motifs is 1. The molecule has 0 atom stereocenters. The molecule has 0 saturated heterocycles. The normalized spacial score (nSPS) is 10.8. The molecule has 0 aliphatic carbocycles. The van der Waals surface area contributed by atoms with Crippen LogP contribution in [0.1, 0.15) is 16.2 Å².